The summed E-state index contributed by atoms with van der Waals surface area (Å²) in [6.07, 6.45) is 5.31. The first-order valence-corrected chi connectivity index (χ1v) is 8.39. The standard InChI is InChI=1S/C16H20INO3/c17-13-7-3-6-12(8-13)9-14(16(20)21)18-15(19)10-11-4-1-2-5-11/h3,6-8,11,14H,1-2,4-5,9-10H2,(H,18,19)(H,20,21)/t14-/m1/s1. The van der Waals surface area contributed by atoms with E-state index in [2.05, 4.69) is 27.9 Å². The zero-order valence-electron chi connectivity index (χ0n) is 11.8. The van der Waals surface area contributed by atoms with Gasteiger partial charge in [-0.1, -0.05) is 25.0 Å². The molecule has 1 aliphatic carbocycles. The van der Waals surface area contributed by atoms with Gasteiger partial charge in [0.2, 0.25) is 5.91 Å². The van der Waals surface area contributed by atoms with Gasteiger partial charge in [0.15, 0.2) is 0 Å². The van der Waals surface area contributed by atoms with E-state index in [4.69, 9.17) is 0 Å². The normalized spacial score (nSPS) is 16.6. The first-order chi connectivity index (χ1) is 10.0. The third kappa shape index (κ3) is 5.30. The second-order valence-electron chi connectivity index (χ2n) is 5.65. The minimum atomic E-state index is -0.978. The fourth-order valence-electron chi connectivity index (χ4n) is 2.83. The van der Waals surface area contributed by atoms with Crippen LogP contribution < -0.4 is 5.32 Å². The smallest absolute Gasteiger partial charge is 0.326 e. The van der Waals surface area contributed by atoms with Crippen LogP contribution in [-0.2, 0) is 16.0 Å². The van der Waals surface area contributed by atoms with Crippen molar-refractivity contribution in [3.63, 3.8) is 0 Å². The third-order valence-corrected chi connectivity index (χ3v) is 4.58. The molecule has 0 bridgehead atoms. The summed E-state index contributed by atoms with van der Waals surface area (Å²) in [5, 5.41) is 12.0. The topological polar surface area (TPSA) is 66.4 Å². The fourth-order valence-corrected chi connectivity index (χ4v) is 3.44. The van der Waals surface area contributed by atoms with E-state index in [1.54, 1.807) is 0 Å². The number of carboxylic acid groups (broad SMARTS) is 1. The van der Waals surface area contributed by atoms with Crippen LogP contribution in [0.2, 0.25) is 0 Å². The van der Waals surface area contributed by atoms with Gasteiger partial charge in [-0.05, 0) is 59.0 Å². The average Bonchev–Trinajstić information content (AvgIpc) is 2.90. The molecule has 1 saturated carbocycles. The molecule has 0 aromatic heterocycles. The van der Waals surface area contributed by atoms with E-state index in [1.807, 2.05) is 24.3 Å². The van der Waals surface area contributed by atoms with Gasteiger partial charge in [0, 0.05) is 16.4 Å². The number of benzene rings is 1. The average molecular weight is 401 g/mol. The number of carbonyl (C=O) groups excluding carboxylic acids is 1. The van der Waals surface area contributed by atoms with E-state index in [9.17, 15) is 14.7 Å². The minimum absolute atomic E-state index is 0.139. The summed E-state index contributed by atoms with van der Waals surface area (Å²) in [5.74, 6) is -0.689. The summed E-state index contributed by atoms with van der Waals surface area (Å²) in [7, 11) is 0. The predicted octanol–water partition coefficient (Wildman–Crippen LogP) is 2.98. The Labute approximate surface area is 138 Å². The Bertz CT molecular complexity index is 512. The molecule has 0 radical (unpaired) electrons. The van der Waals surface area contributed by atoms with Gasteiger partial charge in [0.1, 0.15) is 6.04 Å². The molecular formula is C16H20INO3. The van der Waals surface area contributed by atoms with Crippen molar-refractivity contribution in [2.45, 2.75) is 44.6 Å². The summed E-state index contributed by atoms with van der Waals surface area (Å²) < 4.78 is 1.06. The molecule has 0 aliphatic heterocycles. The van der Waals surface area contributed by atoms with Crippen LogP contribution in [0.25, 0.3) is 0 Å². The van der Waals surface area contributed by atoms with Crippen molar-refractivity contribution >= 4 is 34.5 Å². The number of halogens is 1. The van der Waals surface area contributed by atoms with Crippen LogP contribution in [0.5, 0.6) is 0 Å². The van der Waals surface area contributed by atoms with E-state index in [0.29, 0.717) is 18.8 Å². The highest BCUT2D eigenvalue weighted by atomic mass is 127. The van der Waals surface area contributed by atoms with E-state index < -0.39 is 12.0 Å². The lowest BCUT2D eigenvalue weighted by atomic mass is 10.0. The highest BCUT2D eigenvalue weighted by molar-refractivity contribution is 14.1. The van der Waals surface area contributed by atoms with Gasteiger partial charge in [0.05, 0.1) is 0 Å². The molecule has 0 spiro atoms. The fraction of sp³-hybridized carbons (Fsp3) is 0.500. The molecule has 0 saturated heterocycles. The molecule has 2 rings (SSSR count). The molecule has 1 aromatic rings. The van der Waals surface area contributed by atoms with Gasteiger partial charge in [-0.25, -0.2) is 4.79 Å². The maximum Gasteiger partial charge on any atom is 0.326 e. The van der Waals surface area contributed by atoms with Crippen molar-refractivity contribution in [3.8, 4) is 0 Å². The summed E-state index contributed by atoms with van der Waals surface area (Å²) in [6.45, 7) is 0. The van der Waals surface area contributed by atoms with Crippen molar-refractivity contribution in [3.05, 3.63) is 33.4 Å². The monoisotopic (exact) mass is 401 g/mol. The second kappa shape index (κ2) is 7.77. The first-order valence-electron chi connectivity index (χ1n) is 7.31. The number of carbonyl (C=O) groups is 2. The molecule has 0 unspecified atom stereocenters. The quantitative estimate of drug-likeness (QED) is 0.721. The minimum Gasteiger partial charge on any atom is -0.480 e. The highest BCUT2D eigenvalue weighted by Crippen LogP contribution is 2.27. The Morgan fingerprint density at radius 1 is 1.33 bits per heavy atom. The number of hydrogen-bond donors (Lipinski definition) is 2. The SMILES string of the molecule is O=C(CC1CCCC1)N[C@H](Cc1cccc(I)c1)C(=O)O. The van der Waals surface area contributed by atoms with Crippen molar-refractivity contribution in [1.82, 2.24) is 5.32 Å². The molecule has 21 heavy (non-hydrogen) atoms. The molecule has 4 nitrogen and oxygen atoms in total. The van der Waals surface area contributed by atoms with Crippen LogP contribution in [0, 0.1) is 9.49 Å². The lowest BCUT2D eigenvalue weighted by molar-refractivity contribution is -0.141. The van der Waals surface area contributed by atoms with Crippen molar-refractivity contribution in [1.29, 1.82) is 0 Å². The van der Waals surface area contributed by atoms with E-state index in [-0.39, 0.29) is 5.91 Å². The van der Waals surface area contributed by atoms with E-state index in [0.717, 1.165) is 22.0 Å². The van der Waals surface area contributed by atoms with Crippen molar-refractivity contribution < 1.29 is 14.7 Å². The molecular weight excluding hydrogens is 381 g/mol. The summed E-state index contributed by atoms with van der Waals surface area (Å²) in [4.78, 5) is 23.3. The van der Waals surface area contributed by atoms with Gasteiger partial charge < -0.3 is 10.4 Å². The molecule has 114 valence electrons. The van der Waals surface area contributed by atoms with Crippen LogP contribution in [0.3, 0.4) is 0 Å². The molecule has 1 aliphatic rings. The van der Waals surface area contributed by atoms with Crippen molar-refractivity contribution in [2.24, 2.45) is 5.92 Å². The van der Waals surface area contributed by atoms with E-state index >= 15 is 0 Å². The van der Waals surface area contributed by atoms with Gasteiger partial charge in [0.25, 0.3) is 0 Å². The van der Waals surface area contributed by atoms with Crippen LogP contribution in [0.15, 0.2) is 24.3 Å². The van der Waals surface area contributed by atoms with E-state index in [1.165, 1.54) is 12.8 Å². The summed E-state index contributed by atoms with van der Waals surface area (Å²) in [6, 6.07) is 6.84. The number of amides is 1. The van der Waals surface area contributed by atoms with Crippen molar-refractivity contribution in [2.75, 3.05) is 0 Å². The molecule has 1 aromatic carbocycles. The molecule has 0 heterocycles. The molecule has 1 fully saturated rings. The number of aliphatic carboxylic acids is 1. The molecule has 1 atom stereocenters. The van der Waals surface area contributed by atoms with Gasteiger partial charge in [-0.3, -0.25) is 4.79 Å². The number of rotatable bonds is 6. The predicted molar refractivity (Wildman–Crippen MR) is 89.0 cm³/mol. The van der Waals surface area contributed by atoms with Crippen LogP contribution >= 0.6 is 22.6 Å². The van der Waals surface area contributed by atoms with Gasteiger partial charge in [-0.2, -0.15) is 0 Å². The molecule has 5 heteroatoms. The second-order valence-corrected chi connectivity index (χ2v) is 6.89. The third-order valence-electron chi connectivity index (χ3n) is 3.91. The Morgan fingerprint density at radius 2 is 2.05 bits per heavy atom. The maximum absolute atomic E-state index is 12.0. The largest absolute Gasteiger partial charge is 0.480 e. The Hall–Kier alpha value is -1.11. The summed E-state index contributed by atoms with van der Waals surface area (Å²) in [5.41, 5.74) is 0.926. The molecule has 1 amide bonds. The highest BCUT2D eigenvalue weighted by Gasteiger charge is 2.23. The zero-order chi connectivity index (χ0) is 15.2. The summed E-state index contributed by atoms with van der Waals surface area (Å²) >= 11 is 2.19. The lowest BCUT2D eigenvalue weighted by Crippen LogP contribution is -2.42. The lowest BCUT2D eigenvalue weighted by Gasteiger charge is -2.16. The van der Waals surface area contributed by atoms with Gasteiger partial charge in [-0.15, -0.1) is 0 Å². The zero-order valence-corrected chi connectivity index (χ0v) is 14.0. The van der Waals surface area contributed by atoms with Crippen LogP contribution in [-0.4, -0.2) is 23.0 Å². The molecule has 2 N–H and O–H groups in total. The number of nitrogens with one attached hydrogen (secondary N) is 1. The number of hydrogen-bond acceptors (Lipinski definition) is 2. The van der Waals surface area contributed by atoms with Crippen LogP contribution in [0.4, 0.5) is 0 Å². The number of carboxylic acids is 1. The Balaban J connectivity index is 1.92. The first kappa shape index (κ1) is 16.3. The van der Waals surface area contributed by atoms with Crippen LogP contribution in [0.1, 0.15) is 37.7 Å². The Morgan fingerprint density at radius 3 is 2.67 bits per heavy atom. The Kier molecular flexibility index (Phi) is 6.02. The maximum atomic E-state index is 12.0. The van der Waals surface area contributed by atoms with Gasteiger partial charge >= 0.3 is 5.97 Å².